The Morgan fingerprint density at radius 3 is 1.50 bits per heavy atom. The molecular formula is C52H48. The van der Waals surface area contributed by atoms with E-state index < -0.39 is 0 Å². The number of fused-ring (bicyclic) bond motifs is 4. The third-order valence-corrected chi connectivity index (χ3v) is 12.5. The van der Waals surface area contributed by atoms with Crippen LogP contribution in [0.4, 0.5) is 0 Å². The maximum absolute atomic E-state index is 3.67. The van der Waals surface area contributed by atoms with E-state index in [1.54, 1.807) is 11.1 Å². The minimum absolute atomic E-state index is 0.356. The Bertz CT molecular complexity index is 2020. The monoisotopic (exact) mass is 672 g/mol. The molecule has 52 heavy (non-hydrogen) atoms. The van der Waals surface area contributed by atoms with Crippen LogP contribution in [-0.4, -0.2) is 0 Å². The Balaban J connectivity index is 0.952. The SMILES string of the molecule is C(#CC1=CC2=C(C=CCC2)C2C=CC=CC12)C1=CC=C(C(CC2C=CC=CC2)C2=CC=C(C#CC3=CC4=C(C=CCC4)C4C=CC=CC34)CC2)CC1. The molecule has 256 valence electrons. The molecule has 0 saturated carbocycles. The van der Waals surface area contributed by atoms with Crippen LogP contribution in [0.5, 0.6) is 0 Å². The molecule has 5 unspecified atom stereocenters. The van der Waals surface area contributed by atoms with E-state index >= 15 is 0 Å². The van der Waals surface area contributed by atoms with E-state index in [2.05, 4.69) is 157 Å². The molecule has 0 radical (unpaired) electrons. The fourth-order valence-electron chi connectivity index (χ4n) is 9.62. The average molecular weight is 673 g/mol. The summed E-state index contributed by atoms with van der Waals surface area (Å²) in [4.78, 5) is 0. The molecule has 0 saturated heterocycles. The third kappa shape index (κ3) is 6.81. The van der Waals surface area contributed by atoms with Crippen LogP contribution in [0.3, 0.4) is 0 Å². The second-order valence-electron chi connectivity index (χ2n) is 15.6. The van der Waals surface area contributed by atoms with Crippen molar-refractivity contribution >= 4 is 0 Å². The number of hydrogen-bond donors (Lipinski definition) is 0. The smallest absolute Gasteiger partial charge is 0.0205 e. The zero-order valence-electron chi connectivity index (χ0n) is 30.2. The lowest BCUT2D eigenvalue weighted by atomic mass is 9.71. The maximum Gasteiger partial charge on any atom is 0.0205 e. The molecule has 0 N–H and O–H groups in total. The van der Waals surface area contributed by atoms with Crippen molar-refractivity contribution in [2.24, 2.45) is 35.5 Å². The predicted octanol–water partition coefficient (Wildman–Crippen LogP) is 12.3. The molecule has 0 amide bonds. The molecule has 0 nitrogen and oxygen atoms in total. The van der Waals surface area contributed by atoms with E-state index in [1.165, 1.54) is 51.0 Å². The fourth-order valence-corrected chi connectivity index (χ4v) is 9.62. The molecule has 9 aliphatic carbocycles. The van der Waals surface area contributed by atoms with Gasteiger partial charge in [-0.3, -0.25) is 0 Å². The number of allylic oxidation sites excluding steroid dienone is 32. The normalized spacial score (nSPS) is 29.8. The van der Waals surface area contributed by atoms with Gasteiger partial charge in [-0.2, -0.15) is 0 Å². The molecule has 0 fully saturated rings. The number of hydrogen-bond acceptors (Lipinski definition) is 0. The van der Waals surface area contributed by atoms with E-state index in [4.69, 9.17) is 0 Å². The van der Waals surface area contributed by atoms with Crippen LogP contribution in [0.2, 0.25) is 0 Å². The van der Waals surface area contributed by atoms with Gasteiger partial charge in [0.15, 0.2) is 0 Å². The molecule has 0 spiro atoms. The largest absolute Gasteiger partial charge is 0.0840 e. The fraction of sp³-hybridized carbons (Fsp3) is 0.308. The first kappa shape index (κ1) is 32.8. The summed E-state index contributed by atoms with van der Waals surface area (Å²) < 4.78 is 0. The van der Waals surface area contributed by atoms with Gasteiger partial charge in [0.2, 0.25) is 0 Å². The molecule has 5 atom stereocenters. The van der Waals surface area contributed by atoms with Gasteiger partial charge in [0.25, 0.3) is 0 Å². The van der Waals surface area contributed by atoms with Crippen molar-refractivity contribution in [1.29, 1.82) is 0 Å². The molecule has 9 rings (SSSR count). The summed E-state index contributed by atoms with van der Waals surface area (Å²) >= 11 is 0. The second kappa shape index (κ2) is 14.9. The molecule has 0 heterocycles. The van der Waals surface area contributed by atoms with E-state index in [0.29, 0.717) is 35.5 Å². The maximum atomic E-state index is 3.67. The lowest BCUT2D eigenvalue weighted by molar-refractivity contribution is 0.487. The van der Waals surface area contributed by atoms with Gasteiger partial charge in [0.1, 0.15) is 0 Å². The van der Waals surface area contributed by atoms with Crippen molar-refractivity contribution in [1.82, 2.24) is 0 Å². The van der Waals surface area contributed by atoms with Gasteiger partial charge >= 0.3 is 0 Å². The molecule has 0 aromatic heterocycles. The Labute approximate surface area is 311 Å². The average Bonchev–Trinajstić information content (AvgIpc) is 3.22. The van der Waals surface area contributed by atoms with Crippen LogP contribution < -0.4 is 0 Å². The Kier molecular flexibility index (Phi) is 9.41. The molecular weight excluding hydrogens is 625 g/mol. The quantitative estimate of drug-likeness (QED) is 0.261. The molecule has 9 aliphatic rings. The Hall–Kier alpha value is -5.04. The lowest BCUT2D eigenvalue weighted by Crippen LogP contribution is -2.22. The zero-order valence-corrected chi connectivity index (χ0v) is 30.2. The van der Waals surface area contributed by atoms with Crippen molar-refractivity contribution in [2.75, 3.05) is 0 Å². The summed E-state index contributed by atoms with van der Waals surface area (Å²) in [5, 5.41) is 0. The van der Waals surface area contributed by atoms with E-state index in [1.807, 2.05) is 0 Å². The summed E-state index contributed by atoms with van der Waals surface area (Å²) in [6.07, 6.45) is 62.2. The summed E-state index contributed by atoms with van der Waals surface area (Å²) in [7, 11) is 0. The van der Waals surface area contributed by atoms with Crippen molar-refractivity contribution in [3.63, 3.8) is 0 Å². The zero-order chi connectivity index (χ0) is 34.7. The summed E-state index contributed by atoms with van der Waals surface area (Å²) in [5.74, 6) is 17.2. The van der Waals surface area contributed by atoms with Crippen molar-refractivity contribution < 1.29 is 0 Å². The topological polar surface area (TPSA) is 0 Å². The first-order chi connectivity index (χ1) is 25.8. The Morgan fingerprint density at radius 2 is 1.02 bits per heavy atom. The third-order valence-electron chi connectivity index (χ3n) is 12.5. The standard InChI is InChI=1S/C52H48/c1-2-12-39(13-3-1)34-52(40-28-22-37(23-29-40)26-32-44-35-42-14-4-6-16-46(42)50-20-10-8-18-48(44)50)41-30-24-38(25-31-41)27-33-45-36-43-15-5-7-17-47(43)51-21-11-9-19-49(45)51/h1-3,6-12,16-22,24,28,30,35-36,39,48-52H,4-5,13-15,23,25,29,31,34H2. The highest BCUT2D eigenvalue weighted by molar-refractivity contribution is 5.57. The summed E-state index contributed by atoms with van der Waals surface area (Å²) in [6, 6.07) is 0. The molecule has 0 bridgehead atoms. The van der Waals surface area contributed by atoms with Gasteiger partial charge in [-0.15, -0.1) is 0 Å². The van der Waals surface area contributed by atoms with Crippen LogP contribution in [-0.2, 0) is 0 Å². The van der Waals surface area contributed by atoms with E-state index in [0.717, 1.165) is 57.8 Å². The Morgan fingerprint density at radius 1 is 0.500 bits per heavy atom. The van der Waals surface area contributed by atoms with Crippen molar-refractivity contribution in [2.45, 2.75) is 64.2 Å². The van der Waals surface area contributed by atoms with Crippen LogP contribution in [0.1, 0.15) is 64.2 Å². The van der Waals surface area contributed by atoms with E-state index in [9.17, 15) is 0 Å². The molecule has 0 heteroatoms. The van der Waals surface area contributed by atoms with Gasteiger partial charge in [0, 0.05) is 51.9 Å². The van der Waals surface area contributed by atoms with Crippen LogP contribution in [0.15, 0.2) is 189 Å². The highest BCUT2D eigenvalue weighted by atomic mass is 14.4. The van der Waals surface area contributed by atoms with Gasteiger partial charge in [0.05, 0.1) is 0 Å². The van der Waals surface area contributed by atoms with Gasteiger partial charge in [-0.05, 0) is 105 Å². The minimum Gasteiger partial charge on any atom is -0.0840 e. The summed E-state index contributed by atoms with van der Waals surface area (Å²) in [6.45, 7) is 0. The first-order valence-corrected chi connectivity index (χ1v) is 19.9. The molecule has 0 aromatic carbocycles. The predicted molar refractivity (Wildman–Crippen MR) is 218 cm³/mol. The van der Waals surface area contributed by atoms with Gasteiger partial charge < -0.3 is 0 Å². The first-order valence-electron chi connectivity index (χ1n) is 19.9. The van der Waals surface area contributed by atoms with Crippen molar-refractivity contribution in [3.05, 3.63) is 189 Å². The lowest BCUT2D eigenvalue weighted by Gasteiger charge is -2.32. The van der Waals surface area contributed by atoms with Crippen LogP contribution >= 0.6 is 0 Å². The van der Waals surface area contributed by atoms with Crippen LogP contribution in [0.25, 0.3) is 0 Å². The molecule has 0 aromatic rings. The van der Waals surface area contributed by atoms with E-state index in [-0.39, 0.29) is 0 Å². The highest BCUT2D eigenvalue weighted by Gasteiger charge is 2.32. The number of rotatable bonds is 4. The van der Waals surface area contributed by atoms with Gasteiger partial charge in [-0.1, -0.05) is 156 Å². The van der Waals surface area contributed by atoms with Gasteiger partial charge in [-0.25, -0.2) is 0 Å². The van der Waals surface area contributed by atoms with Crippen LogP contribution in [0, 0.1) is 59.2 Å². The second-order valence-corrected chi connectivity index (χ2v) is 15.6. The summed E-state index contributed by atoms with van der Waals surface area (Å²) in [5.41, 5.74) is 14.2. The minimum atomic E-state index is 0.356. The highest BCUT2D eigenvalue weighted by Crippen LogP contribution is 2.44. The molecule has 0 aliphatic heterocycles. The van der Waals surface area contributed by atoms with Crippen molar-refractivity contribution in [3.8, 4) is 23.7 Å².